The molecule has 4 nitrogen and oxygen atoms in total. The van der Waals surface area contributed by atoms with Gasteiger partial charge in [-0.05, 0) is 38.0 Å². The summed E-state index contributed by atoms with van der Waals surface area (Å²) in [7, 11) is 0. The molecule has 1 aliphatic rings. The molecule has 0 radical (unpaired) electrons. The van der Waals surface area contributed by atoms with E-state index >= 15 is 0 Å². The minimum Gasteiger partial charge on any atom is -0.397 e. The van der Waals surface area contributed by atoms with Crippen molar-refractivity contribution in [3.63, 3.8) is 0 Å². The van der Waals surface area contributed by atoms with Gasteiger partial charge in [0.2, 0.25) is 5.91 Å². The zero-order valence-corrected chi connectivity index (χ0v) is 11.9. The molecule has 0 bridgehead atoms. The zero-order valence-electron chi connectivity index (χ0n) is 11.9. The van der Waals surface area contributed by atoms with E-state index in [1.54, 1.807) is 19.9 Å². The molecule has 116 valence electrons. The van der Waals surface area contributed by atoms with Crippen LogP contribution in [0.25, 0.3) is 0 Å². The molecule has 0 aromatic heterocycles. The number of hydrogen-bond acceptors (Lipinski definition) is 3. The van der Waals surface area contributed by atoms with Crippen LogP contribution in [0.5, 0.6) is 0 Å². The summed E-state index contributed by atoms with van der Waals surface area (Å²) in [6, 6.07) is 2.81. The summed E-state index contributed by atoms with van der Waals surface area (Å²) >= 11 is 0. The Bertz CT molecular complexity index is 555. The van der Waals surface area contributed by atoms with Gasteiger partial charge in [-0.2, -0.15) is 13.2 Å². The van der Waals surface area contributed by atoms with Gasteiger partial charge in [-0.1, -0.05) is 0 Å². The van der Waals surface area contributed by atoms with E-state index in [9.17, 15) is 18.0 Å². The van der Waals surface area contributed by atoms with Gasteiger partial charge in [-0.15, -0.1) is 0 Å². The maximum Gasteiger partial charge on any atom is 0.405 e. The Morgan fingerprint density at radius 3 is 2.57 bits per heavy atom. The summed E-state index contributed by atoms with van der Waals surface area (Å²) in [5.74, 6) is -0.134. The largest absolute Gasteiger partial charge is 0.405 e. The predicted octanol–water partition coefficient (Wildman–Crippen LogP) is 2.93. The van der Waals surface area contributed by atoms with Crippen molar-refractivity contribution in [3.8, 4) is 0 Å². The number of halogens is 3. The highest BCUT2D eigenvalue weighted by Gasteiger charge is 2.33. The molecule has 0 fully saturated rings. The molecule has 0 saturated heterocycles. The van der Waals surface area contributed by atoms with Crippen molar-refractivity contribution in [1.29, 1.82) is 0 Å². The molecule has 1 amide bonds. The summed E-state index contributed by atoms with van der Waals surface area (Å²) in [5.41, 5.74) is 7.90. The van der Waals surface area contributed by atoms with Crippen LogP contribution in [0, 0.1) is 0 Å². The number of anilines is 3. The van der Waals surface area contributed by atoms with E-state index < -0.39 is 12.7 Å². The first-order valence-corrected chi connectivity index (χ1v) is 6.73. The molecule has 1 aromatic rings. The summed E-state index contributed by atoms with van der Waals surface area (Å²) in [5, 5.41) is 2.68. The summed E-state index contributed by atoms with van der Waals surface area (Å²) in [6.07, 6.45) is -3.41. The van der Waals surface area contributed by atoms with Crippen molar-refractivity contribution in [2.24, 2.45) is 0 Å². The number of benzene rings is 1. The van der Waals surface area contributed by atoms with Crippen LogP contribution < -0.4 is 16.0 Å². The molecule has 7 heteroatoms. The maximum absolute atomic E-state index is 12.7. The van der Waals surface area contributed by atoms with Gasteiger partial charge in [0.25, 0.3) is 0 Å². The first-order valence-electron chi connectivity index (χ1n) is 6.73. The maximum atomic E-state index is 12.7. The Morgan fingerprint density at radius 1 is 1.33 bits per heavy atom. The monoisotopic (exact) mass is 301 g/mol. The van der Waals surface area contributed by atoms with Crippen molar-refractivity contribution in [2.75, 3.05) is 22.5 Å². The van der Waals surface area contributed by atoms with Crippen LogP contribution in [0.2, 0.25) is 0 Å². The average Bonchev–Trinajstić information content (AvgIpc) is 2.34. The van der Waals surface area contributed by atoms with Crippen molar-refractivity contribution >= 4 is 23.0 Å². The van der Waals surface area contributed by atoms with E-state index in [1.165, 1.54) is 11.0 Å². The molecular formula is C14H18F3N3O. The minimum atomic E-state index is -4.32. The second-order valence-electron chi connectivity index (χ2n) is 5.45. The molecule has 0 saturated carbocycles. The van der Waals surface area contributed by atoms with Crippen LogP contribution in [0.1, 0.15) is 25.8 Å². The van der Waals surface area contributed by atoms with Gasteiger partial charge in [0, 0.05) is 18.2 Å². The van der Waals surface area contributed by atoms with Crippen molar-refractivity contribution in [2.45, 2.75) is 38.9 Å². The number of alkyl halides is 3. The highest BCUT2D eigenvalue weighted by Crippen LogP contribution is 2.35. The van der Waals surface area contributed by atoms with E-state index in [-0.39, 0.29) is 11.9 Å². The molecular weight excluding hydrogens is 283 g/mol. The second kappa shape index (κ2) is 5.46. The fourth-order valence-electron chi connectivity index (χ4n) is 2.42. The molecule has 2 rings (SSSR count). The van der Waals surface area contributed by atoms with E-state index in [2.05, 4.69) is 5.32 Å². The van der Waals surface area contributed by atoms with Crippen LogP contribution in [0.4, 0.5) is 30.2 Å². The lowest BCUT2D eigenvalue weighted by molar-refractivity contribution is -0.120. The standard InChI is InChI=1S/C14H18F3N3O/c1-8(2)20(7-14(15,16)17)12-6-11-9(5-10(12)18)3-4-13(21)19-11/h5-6,8H,3-4,7,18H2,1-2H3,(H,19,21). The number of carbonyl (C=O) groups excluding carboxylic acids is 1. The summed E-state index contributed by atoms with van der Waals surface area (Å²) in [4.78, 5) is 12.6. The number of nitrogens with zero attached hydrogens (tertiary/aromatic N) is 1. The second-order valence-corrected chi connectivity index (χ2v) is 5.45. The van der Waals surface area contributed by atoms with Gasteiger partial charge >= 0.3 is 6.18 Å². The number of aryl methyl sites for hydroxylation is 1. The number of hydrogen-bond donors (Lipinski definition) is 2. The molecule has 1 heterocycles. The van der Waals surface area contributed by atoms with Crippen LogP contribution in [0.15, 0.2) is 12.1 Å². The first kappa shape index (κ1) is 15.5. The smallest absolute Gasteiger partial charge is 0.397 e. The highest BCUT2D eigenvalue weighted by atomic mass is 19.4. The Balaban J connectivity index is 2.41. The van der Waals surface area contributed by atoms with E-state index in [0.29, 0.717) is 29.9 Å². The van der Waals surface area contributed by atoms with E-state index in [1.807, 2.05) is 0 Å². The fourth-order valence-corrected chi connectivity index (χ4v) is 2.42. The number of nitrogen functional groups attached to an aromatic ring is 1. The fraction of sp³-hybridized carbons (Fsp3) is 0.500. The lowest BCUT2D eigenvalue weighted by atomic mass is 10.0. The summed E-state index contributed by atoms with van der Waals surface area (Å²) in [6.45, 7) is 2.26. The van der Waals surface area contributed by atoms with Gasteiger partial charge in [-0.25, -0.2) is 0 Å². The SMILES string of the molecule is CC(C)N(CC(F)(F)F)c1cc2c(cc1N)CCC(=O)N2. The number of fused-ring (bicyclic) bond motifs is 1. The Kier molecular flexibility index (Phi) is 4.02. The molecule has 3 N–H and O–H groups in total. The van der Waals surface area contributed by atoms with Crippen molar-refractivity contribution in [1.82, 2.24) is 0 Å². The van der Waals surface area contributed by atoms with E-state index in [4.69, 9.17) is 5.73 Å². The zero-order chi connectivity index (χ0) is 15.8. The third-order valence-electron chi connectivity index (χ3n) is 3.43. The van der Waals surface area contributed by atoms with Crippen LogP contribution >= 0.6 is 0 Å². The topological polar surface area (TPSA) is 58.4 Å². The Morgan fingerprint density at radius 2 is 2.00 bits per heavy atom. The third-order valence-corrected chi connectivity index (χ3v) is 3.43. The highest BCUT2D eigenvalue weighted by molar-refractivity contribution is 5.95. The molecule has 0 spiro atoms. The summed E-state index contributed by atoms with van der Waals surface area (Å²) < 4.78 is 38.2. The molecule has 21 heavy (non-hydrogen) atoms. The third kappa shape index (κ3) is 3.59. The predicted molar refractivity (Wildman–Crippen MR) is 76.3 cm³/mol. The quantitative estimate of drug-likeness (QED) is 0.844. The molecule has 0 aliphatic carbocycles. The number of rotatable bonds is 3. The average molecular weight is 301 g/mol. The van der Waals surface area contributed by atoms with Gasteiger partial charge in [0.15, 0.2) is 0 Å². The lowest BCUT2D eigenvalue weighted by Gasteiger charge is -2.32. The van der Waals surface area contributed by atoms with Gasteiger partial charge < -0.3 is 16.0 Å². The number of carbonyl (C=O) groups is 1. The minimum absolute atomic E-state index is 0.134. The first-order chi connectivity index (χ1) is 9.67. The van der Waals surface area contributed by atoms with E-state index in [0.717, 1.165) is 5.56 Å². The van der Waals surface area contributed by atoms with Crippen LogP contribution in [-0.2, 0) is 11.2 Å². The number of nitrogens with two attached hydrogens (primary N) is 1. The van der Waals surface area contributed by atoms with Gasteiger partial charge in [-0.3, -0.25) is 4.79 Å². The Labute approximate surface area is 121 Å². The van der Waals surface area contributed by atoms with Gasteiger partial charge in [0.05, 0.1) is 11.4 Å². The van der Waals surface area contributed by atoms with Gasteiger partial charge in [0.1, 0.15) is 6.54 Å². The number of amides is 1. The number of nitrogens with one attached hydrogen (secondary N) is 1. The van der Waals surface area contributed by atoms with Crippen LogP contribution in [-0.4, -0.2) is 24.7 Å². The molecule has 0 unspecified atom stereocenters. The molecule has 0 atom stereocenters. The molecule has 1 aliphatic heterocycles. The molecule has 1 aromatic carbocycles. The lowest BCUT2D eigenvalue weighted by Crippen LogP contribution is -2.39. The Hall–Kier alpha value is -1.92. The van der Waals surface area contributed by atoms with Crippen molar-refractivity contribution in [3.05, 3.63) is 17.7 Å². The normalized spacial score (nSPS) is 14.9. The van der Waals surface area contributed by atoms with Crippen LogP contribution in [0.3, 0.4) is 0 Å². The van der Waals surface area contributed by atoms with Crippen molar-refractivity contribution < 1.29 is 18.0 Å².